The summed E-state index contributed by atoms with van der Waals surface area (Å²) in [5.41, 5.74) is 6.30. The molecule has 1 saturated carbocycles. The Kier molecular flexibility index (Phi) is 4.73. The first kappa shape index (κ1) is 14.5. The van der Waals surface area contributed by atoms with Crippen LogP contribution in [-0.4, -0.2) is 35.2 Å². The normalized spacial score (nSPS) is 21.7. The number of hydrogen-bond acceptors (Lipinski definition) is 4. The standard InChI is InChI=1S/C13H21N5O2/c1-15-12(19)8-18-7-10(6-16-18)17-13(20)11-4-2-3-9(11)5-14/h6-7,9,11H,2-5,8,14H2,1H3,(H,15,19)(H,17,20). The average molecular weight is 279 g/mol. The van der Waals surface area contributed by atoms with Gasteiger partial charge in [0.15, 0.2) is 0 Å². The molecule has 7 nitrogen and oxygen atoms in total. The van der Waals surface area contributed by atoms with Crippen molar-refractivity contribution >= 4 is 17.5 Å². The summed E-state index contributed by atoms with van der Waals surface area (Å²) in [5, 5.41) is 9.41. The van der Waals surface area contributed by atoms with Crippen LogP contribution >= 0.6 is 0 Å². The molecule has 1 aromatic heterocycles. The highest BCUT2D eigenvalue weighted by atomic mass is 16.2. The molecule has 1 fully saturated rings. The maximum absolute atomic E-state index is 12.2. The fraction of sp³-hybridized carbons (Fsp3) is 0.615. The molecule has 2 amide bonds. The van der Waals surface area contributed by atoms with Crippen molar-refractivity contribution in [2.75, 3.05) is 18.9 Å². The monoisotopic (exact) mass is 279 g/mol. The molecule has 1 aliphatic carbocycles. The maximum Gasteiger partial charge on any atom is 0.241 e. The number of amides is 2. The number of nitrogens with zero attached hydrogens (tertiary/aromatic N) is 2. The molecule has 2 rings (SSSR count). The topological polar surface area (TPSA) is 102 Å². The number of hydrogen-bond donors (Lipinski definition) is 3. The van der Waals surface area contributed by atoms with Gasteiger partial charge in [-0.25, -0.2) is 0 Å². The molecule has 0 spiro atoms. The summed E-state index contributed by atoms with van der Waals surface area (Å²) in [6.45, 7) is 0.690. The fourth-order valence-corrected chi connectivity index (χ4v) is 2.64. The Balaban J connectivity index is 1.93. The second kappa shape index (κ2) is 6.51. The summed E-state index contributed by atoms with van der Waals surface area (Å²) in [7, 11) is 1.57. The lowest BCUT2D eigenvalue weighted by atomic mass is 9.95. The van der Waals surface area contributed by atoms with Crippen LogP contribution < -0.4 is 16.4 Å². The van der Waals surface area contributed by atoms with E-state index in [1.165, 1.54) is 4.68 Å². The second-order valence-corrected chi connectivity index (χ2v) is 5.12. The van der Waals surface area contributed by atoms with E-state index in [-0.39, 0.29) is 30.2 Å². The number of nitrogens with two attached hydrogens (primary N) is 1. The smallest absolute Gasteiger partial charge is 0.241 e. The zero-order chi connectivity index (χ0) is 14.5. The lowest BCUT2D eigenvalue weighted by molar-refractivity contribution is -0.121. The van der Waals surface area contributed by atoms with E-state index in [0.717, 1.165) is 19.3 Å². The number of nitrogens with one attached hydrogen (secondary N) is 2. The molecular weight excluding hydrogens is 258 g/mol. The maximum atomic E-state index is 12.2. The van der Waals surface area contributed by atoms with Gasteiger partial charge >= 0.3 is 0 Å². The summed E-state index contributed by atoms with van der Waals surface area (Å²) >= 11 is 0. The zero-order valence-electron chi connectivity index (χ0n) is 11.6. The van der Waals surface area contributed by atoms with Gasteiger partial charge < -0.3 is 16.4 Å². The highest BCUT2D eigenvalue weighted by molar-refractivity contribution is 5.92. The molecule has 2 atom stereocenters. The van der Waals surface area contributed by atoms with Crippen LogP contribution in [0.25, 0.3) is 0 Å². The van der Waals surface area contributed by atoms with Gasteiger partial charge in [-0.05, 0) is 25.3 Å². The van der Waals surface area contributed by atoms with Crippen LogP contribution in [0.5, 0.6) is 0 Å². The minimum absolute atomic E-state index is 0.00237. The molecule has 0 radical (unpaired) electrons. The van der Waals surface area contributed by atoms with E-state index in [4.69, 9.17) is 5.73 Å². The number of aromatic nitrogens is 2. The first-order valence-electron chi connectivity index (χ1n) is 6.88. The first-order chi connectivity index (χ1) is 9.63. The Labute approximate surface area is 117 Å². The lowest BCUT2D eigenvalue weighted by Gasteiger charge is -2.16. The van der Waals surface area contributed by atoms with E-state index in [1.807, 2.05) is 0 Å². The fourth-order valence-electron chi connectivity index (χ4n) is 2.64. The molecule has 1 heterocycles. The lowest BCUT2D eigenvalue weighted by Crippen LogP contribution is -2.29. The number of rotatable bonds is 5. The molecule has 20 heavy (non-hydrogen) atoms. The van der Waals surface area contributed by atoms with E-state index < -0.39 is 0 Å². The van der Waals surface area contributed by atoms with Gasteiger partial charge in [-0.1, -0.05) is 6.42 Å². The summed E-state index contributed by atoms with van der Waals surface area (Å²) in [5.74, 6) is 0.126. The average Bonchev–Trinajstić information content (AvgIpc) is 3.07. The van der Waals surface area contributed by atoms with Gasteiger partial charge in [0.05, 0.1) is 11.9 Å². The third kappa shape index (κ3) is 3.36. The molecule has 1 aromatic rings. The van der Waals surface area contributed by atoms with Crippen LogP contribution in [0.2, 0.25) is 0 Å². The van der Waals surface area contributed by atoms with Crippen molar-refractivity contribution in [1.29, 1.82) is 0 Å². The molecule has 0 bridgehead atoms. The molecule has 2 unspecified atom stereocenters. The van der Waals surface area contributed by atoms with E-state index in [1.54, 1.807) is 19.4 Å². The minimum atomic E-state index is -0.134. The Morgan fingerprint density at radius 3 is 3.00 bits per heavy atom. The first-order valence-corrected chi connectivity index (χ1v) is 6.88. The summed E-state index contributed by atoms with van der Waals surface area (Å²) < 4.78 is 1.49. The zero-order valence-corrected chi connectivity index (χ0v) is 11.6. The Morgan fingerprint density at radius 1 is 1.50 bits per heavy atom. The Hall–Kier alpha value is -1.89. The number of anilines is 1. The predicted molar refractivity (Wildman–Crippen MR) is 74.8 cm³/mol. The summed E-state index contributed by atoms with van der Waals surface area (Å²) in [6.07, 6.45) is 6.16. The Morgan fingerprint density at radius 2 is 2.30 bits per heavy atom. The predicted octanol–water partition coefficient (Wildman–Crippen LogP) is -0.0574. The van der Waals surface area contributed by atoms with E-state index in [2.05, 4.69) is 15.7 Å². The molecule has 0 saturated heterocycles. The van der Waals surface area contributed by atoms with Gasteiger partial charge in [-0.3, -0.25) is 14.3 Å². The largest absolute Gasteiger partial charge is 0.358 e. The number of carbonyl (C=O) groups is 2. The molecular formula is C13H21N5O2. The highest BCUT2D eigenvalue weighted by Gasteiger charge is 2.32. The van der Waals surface area contributed by atoms with Crippen LogP contribution in [0.15, 0.2) is 12.4 Å². The second-order valence-electron chi connectivity index (χ2n) is 5.12. The summed E-state index contributed by atoms with van der Waals surface area (Å²) in [4.78, 5) is 23.4. The van der Waals surface area contributed by atoms with Crippen LogP contribution in [-0.2, 0) is 16.1 Å². The van der Waals surface area contributed by atoms with Crippen molar-refractivity contribution in [2.45, 2.75) is 25.8 Å². The third-order valence-corrected chi connectivity index (χ3v) is 3.78. The van der Waals surface area contributed by atoms with Gasteiger partial charge in [-0.15, -0.1) is 0 Å². The minimum Gasteiger partial charge on any atom is -0.358 e. The van der Waals surface area contributed by atoms with Crippen molar-refractivity contribution < 1.29 is 9.59 Å². The van der Waals surface area contributed by atoms with Crippen molar-refractivity contribution in [2.24, 2.45) is 17.6 Å². The van der Waals surface area contributed by atoms with Gasteiger partial charge in [-0.2, -0.15) is 5.10 Å². The van der Waals surface area contributed by atoms with Crippen LogP contribution in [0.4, 0.5) is 5.69 Å². The van der Waals surface area contributed by atoms with Crippen molar-refractivity contribution in [3.63, 3.8) is 0 Å². The van der Waals surface area contributed by atoms with Crippen LogP contribution in [0, 0.1) is 11.8 Å². The molecule has 0 aromatic carbocycles. The Bertz CT molecular complexity index is 485. The van der Waals surface area contributed by atoms with Crippen LogP contribution in [0.3, 0.4) is 0 Å². The quantitative estimate of drug-likeness (QED) is 0.702. The van der Waals surface area contributed by atoms with Crippen molar-refractivity contribution in [3.8, 4) is 0 Å². The van der Waals surface area contributed by atoms with E-state index in [0.29, 0.717) is 12.2 Å². The summed E-state index contributed by atoms with van der Waals surface area (Å²) in [6, 6.07) is 0. The van der Waals surface area contributed by atoms with Crippen molar-refractivity contribution in [1.82, 2.24) is 15.1 Å². The molecule has 4 N–H and O–H groups in total. The van der Waals surface area contributed by atoms with Gasteiger partial charge in [0.25, 0.3) is 0 Å². The highest BCUT2D eigenvalue weighted by Crippen LogP contribution is 2.31. The molecule has 7 heteroatoms. The third-order valence-electron chi connectivity index (χ3n) is 3.78. The number of carbonyl (C=O) groups excluding carboxylic acids is 2. The van der Waals surface area contributed by atoms with Crippen molar-refractivity contribution in [3.05, 3.63) is 12.4 Å². The van der Waals surface area contributed by atoms with Crippen LogP contribution in [0.1, 0.15) is 19.3 Å². The molecule has 0 aliphatic heterocycles. The van der Waals surface area contributed by atoms with Gasteiger partial charge in [0, 0.05) is 19.2 Å². The molecule has 110 valence electrons. The van der Waals surface area contributed by atoms with E-state index >= 15 is 0 Å². The van der Waals surface area contributed by atoms with E-state index in [9.17, 15) is 9.59 Å². The number of likely N-dealkylation sites (N-methyl/N-ethyl adjacent to an activating group) is 1. The SMILES string of the molecule is CNC(=O)Cn1cc(NC(=O)C2CCCC2CN)cn1. The van der Waals surface area contributed by atoms with Gasteiger partial charge in [0.1, 0.15) is 6.54 Å². The van der Waals surface area contributed by atoms with Gasteiger partial charge in [0.2, 0.25) is 11.8 Å². The molecule has 1 aliphatic rings.